The van der Waals surface area contributed by atoms with Crippen LogP contribution in [0.4, 0.5) is 13.2 Å². The lowest BCUT2D eigenvalue weighted by molar-refractivity contribution is -0.192. The molecule has 0 atom stereocenters. The Labute approximate surface area is 176 Å². The normalized spacial score (nSPS) is 13.9. The van der Waals surface area contributed by atoms with E-state index in [0.717, 1.165) is 25.1 Å². The van der Waals surface area contributed by atoms with Crippen LogP contribution in [0.2, 0.25) is 0 Å². The van der Waals surface area contributed by atoms with Crippen LogP contribution in [0.5, 0.6) is 0 Å². The number of benzene rings is 2. The lowest BCUT2D eigenvalue weighted by Gasteiger charge is -2.25. The highest BCUT2D eigenvalue weighted by atomic mass is 19.4. The number of alkyl halides is 3. The van der Waals surface area contributed by atoms with Crippen molar-refractivity contribution >= 4 is 22.8 Å². The molecule has 1 aliphatic heterocycles. The lowest BCUT2D eigenvalue weighted by Crippen LogP contribution is -2.28. The smallest absolute Gasteiger partial charge is 0.478 e. The number of carboxylic acids is 2. The third-order valence-corrected chi connectivity index (χ3v) is 5.18. The molecule has 0 fully saturated rings. The zero-order valence-corrected chi connectivity index (χ0v) is 16.7. The standard InChI is InChI=1S/C20H20N2O2.C2HF3O2/c1-21-11-10-17-16-8-4-5-9-18(16)22(19(17)13-21)12-14-6-2-3-7-15(14)20(23)24;3-2(4,5)1(6)7/h2-9H,10-13H2,1H3,(H,23,24);(H,6,7). The molecule has 0 bridgehead atoms. The van der Waals surface area contributed by atoms with E-state index in [-0.39, 0.29) is 0 Å². The average Bonchev–Trinajstić information content (AvgIpc) is 3.01. The number of halogens is 3. The van der Waals surface area contributed by atoms with Crippen molar-refractivity contribution in [1.29, 1.82) is 0 Å². The summed E-state index contributed by atoms with van der Waals surface area (Å²) in [6, 6.07) is 15.7. The van der Waals surface area contributed by atoms with Gasteiger partial charge in [0.1, 0.15) is 0 Å². The summed E-state index contributed by atoms with van der Waals surface area (Å²) in [5.41, 5.74) is 5.15. The number of carbonyl (C=O) groups is 2. The van der Waals surface area contributed by atoms with Gasteiger partial charge in [0.25, 0.3) is 0 Å². The molecule has 3 aromatic rings. The van der Waals surface area contributed by atoms with E-state index in [2.05, 4.69) is 40.8 Å². The quantitative estimate of drug-likeness (QED) is 0.651. The third-order valence-electron chi connectivity index (χ3n) is 5.18. The molecule has 2 N–H and O–H groups in total. The summed E-state index contributed by atoms with van der Waals surface area (Å²) in [5.74, 6) is -3.62. The van der Waals surface area contributed by atoms with Crippen molar-refractivity contribution < 1.29 is 33.0 Å². The Kier molecular flexibility index (Phi) is 6.35. The zero-order chi connectivity index (χ0) is 22.8. The second-order valence-corrected chi connectivity index (χ2v) is 7.28. The molecule has 0 saturated heterocycles. The van der Waals surface area contributed by atoms with Gasteiger partial charge in [-0.15, -0.1) is 0 Å². The predicted molar refractivity (Wildman–Crippen MR) is 108 cm³/mol. The van der Waals surface area contributed by atoms with Gasteiger partial charge in [0.15, 0.2) is 0 Å². The molecule has 164 valence electrons. The van der Waals surface area contributed by atoms with Crippen molar-refractivity contribution in [2.24, 2.45) is 0 Å². The number of likely N-dealkylation sites (N-methyl/N-ethyl adjacent to an activating group) is 1. The number of nitrogens with zero attached hydrogens (tertiary/aromatic N) is 2. The Morgan fingerprint density at radius 3 is 2.29 bits per heavy atom. The first-order valence-electron chi connectivity index (χ1n) is 9.48. The number of aromatic carboxylic acids is 1. The van der Waals surface area contributed by atoms with Crippen LogP contribution in [0, 0.1) is 0 Å². The maximum absolute atomic E-state index is 11.5. The van der Waals surface area contributed by atoms with Crippen LogP contribution in [-0.2, 0) is 24.3 Å². The van der Waals surface area contributed by atoms with Crippen LogP contribution >= 0.6 is 0 Å². The summed E-state index contributed by atoms with van der Waals surface area (Å²) in [6.07, 6.45) is -4.04. The summed E-state index contributed by atoms with van der Waals surface area (Å²) in [4.78, 5) is 22.8. The van der Waals surface area contributed by atoms with Gasteiger partial charge in [-0.1, -0.05) is 36.4 Å². The summed E-state index contributed by atoms with van der Waals surface area (Å²) in [7, 11) is 2.14. The molecule has 0 aliphatic carbocycles. The second kappa shape index (κ2) is 8.81. The number of aliphatic carboxylic acids is 1. The third kappa shape index (κ3) is 4.88. The Bertz CT molecular complexity index is 1120. The van der Waals surface area contributed by atoms with Crippen molar-refractivity contribution in [3.8, 4) is 0 Å². The van der Waals surface area contributed by atoms with Crippen LogP contribution in [0.15, 0.2) is 48.5 Å². The van der Waals surface area contributed by atoms with Crippen molar-refractivity contribution in [1.82, 2.24) is 9.47 Å². The molecule has 1 aliphatic rings. The summed E-state index contributed by atoms with van der Waals surface area (Å²) in [5, 5.41) is 17.9. The van der Waals surface area contributed by atoms with E-state index < -0.39 is 18.1 Å². The highest BCUT2D eigenvalue weighted by Crippen LogP contribution is 2.31. The van der Waals surface area contributed by atoms with Crippen molar-refractivity contribution in [3.63, 3.8) is 0 Å². The highest BCUT2D eigenvalue weighted by molar-refractivity contribution is 5.90. The number of aromatic nitrogens is 1. The van der Waals surface area contributed by atoms with Crippen LogP contribution in [0.25, 0.3) is 10.9 Å². The van der Waals surface area contributed by atoms with E-state index in [0.29, 0.717) is 12.1 Å². The van der Waals surface area contributed by atoms with Gasteiger partial charge in [0.2, 0.25) is 0 Å². The van der Waals surface area contributed by atoms with E-state index in [1.54, 1.807) is 12.1 Å². The van der Waals surface area contributed by atoms with Crippen molar-refractivity contribution in [2.75, 3.05) is 13.6 Å². The Balaban J connectivity index is 0.000000339. The first kappa shape index (κ1) is 22.4. The van der Waals surface area contributed by atoms with E-state index in [1.807, 2.05) is 12.1 Å². The van der Waals surface area contributed by atoms with Gasteiger partial charge in [0.05, 0.1) is 5.56 Å². The molecule has 6 nitrogen and oxygen atoms in total. The summed E-state index contributed by atoms with van der Waals surface area (Å²) in [6.45, 7) is 2.55. The molecule has 31 heavy (non-hydrogen) atoms. The Hall–Kier alpha value is -3.33. The number of hydrogen-bond acceptors (Lipinski definition) is 3. The zero-order valence-electron chi connectivity index (χ0n) is 16.7. The molecule has 2 aromatic carbocycles. The molecule has 0 amide bonds. The molecule has 4 rings (SSSR count). The van der Waals surface area contributed by atoms with Crippen molar-refractivity contribution in [2.45, 2.75) is 25.7 Å². The maximum atomic E-state index is 11.5. The van der Waals surface area contributed by atoms with E-state index in [9.17, 15) is 23.1 Å². The topological polar surface area (TPSA) is 82.8 Å². The SMILES string of the molecule is CN1CCc2c(n(Cc3ccccc3C(=O)O)c3ccccc23)C1.O=C(O)C(F)(F)F. The molecule has 0 saturated carbocycles. The molecule has 0 spiro atoms. The average molecular weight is 434 g/mol. The molecule has 0 unspecified atom stereocenters. The molecule has 2 heterocycles. The Morgan fingerprint density at radius 1 is 1.03 bits per heavy atom. The first-order chi connectivity index (χ1) is 14.6. The molecule has 1 aromatic heterocycles. The lowest BCUT2D eigenvalue weighted by atomic mass is 10.0. The van der Waals surface area contributed by atoms with Gasteiger partial charge in [-0.25, -0.2) is 9.59 Å². The fraction of sp³-hybridized carbons (Fsp3) is 0.273. The van der Waals surface area contributed by atoms with E-state index in [1.165, 1.54) is 22.2 Å². The van der Waals surface area contributed by atoms with Crippen LogP contribution in [0.1, 0.15) is 27.2 Å². The van der Waals surface area contributed by atoms with Gasteiger partial charge >= 0.3 is 18.1 Å². The van der Waals surface area contributed by atoms with Gasteiger partial charge in [0, 0.05) is 36.2 Å². The van der Waals surface area contributed by atoms with Gasteiger partial charge in [-0.05, 0) is 36.7 Å². The first-order valence-corrected chi connectivity index (χ1v) is 9.48. The molecular formula is C22H21F3N2O4. The molecular weight excluding hydrogens is 413 g/mol. The largest absolute Gasteiger partial charge is 0.490 e. The highest BCUT2D eigenvalue weighted by Gasteiger charge is 2.38. The molecule has 9 heteroatoms. The van der Waals surface area contributed by atoms with E-state index >= 15 is 0 Å². The molecule has 0 radical (unpaired) electrons. The van der Waals surface area contributed by atoms with Crippen LogP contribution in [-0.4, -0.2) is 51.4 Å². The van der Waals surface area contributed by atoms with Gasteiger partial charge in [-0.3, -0.25) is 0 Å². The minimum atomic E-state index is -5.08. The predicted octanol–water partition coefficient (Wildman–Crippen LogP) is 4.01. The number of hydrogen-bond donors (Lipinski definition) is 2. The number of fused-ring (bicyclic) bond motifs is 3. The number of carboxylic acid groups (broad SMARTS) is 2. The fourth-order valence-electron chi connectivity index (χ4n) is 3.74. The van der Waals surface area contributed by atoms with Crippen LogP contribution in [0.3, 0.4) is 0 Å². The minimum Gasteiger partial charge on any atom is -0.478 e. The summed E-state index contributed by atoms with van der Waals surface area (Å²) < 4.78 is 34.0. The number of rotatable bonds is 3. The Morgan fingerprint density at radius 2 is 1.65 bits per heavy atom. The number of para-hydroxylation sites is 1. The van der Waals surface area contributed by atoms with Gasteiger partial charge in [-0.2, -0.15) is 13.2 Å². The van der Waals surface area contributed by atoms with Crippen molar-refractivity contribution in [3.05, 3.63) is 70.9 Å². The maximum Gasteiger partial charge on any atom is 0.490 e. The summed E-state index contributed by atoms with van der Waals surface area (Å²) >= 11 is 0. The fourth-order valence-corrected chi connectivity index (χ4v) is 3.74. The van der Waals surface area contributed by atoms with Crippen LogP contribution < -0.4 is 0 Å². The van der Waals surface area contributed by atoms with Gasteiger partial charge < -0.3 is 19.7 Å². The second-order valence-electron chi connectivity index (χ2n) is 7.28. The minimum absolute atomic E-state index is 0.383. The monoisotopic (exact) mass is 434 g/mol. The van der Waals surface area contributed by atoms with E-state index in [4.69, 9.17) is 9.90 Å².